The molecule has 5 heteroatoms. The molecule has 0 radical (unpaired) electrons. The van der Waals surface area contributed by atoms with Crippen molar-refractivity contribution in [2.75, 3.05) is 0 Å². The Morgan fingerprint density at radius 1 is 0.623 bits per heavy atom. The van der Waals surface area contributed by atoms with Gasteiger partial charge in [0, 0.05) is 28.5 Å². The first-order valence-electron chi connectivity index (χ1n) is 21.4. The molecule has 0 spiro atoms. The third kappa shape index (κ3) is 7.33. The van der Waals surface area contributed by atoms with E-state index < -0.39 is 0 Å². The van der Waals surface area contributed by atoms with Crippen LogP contribution in [0.1, 0.15) is 88.0 Å². The quantitative estimate of drug-likeness (QED) is 0.108. The number of pyridine rings is 1. The van der Waals surface area contributed by atoms with Crippen molar-refractivity contribution in [2.24, 2.45) is 0 Å². The summed E-state index contributed by atoms with van der Waals surface area (Å²) in [6.07, 6.45) is 5.66. The number of hydrogen-bond donors (Lipinski definition) is 0. The van der Waals surface area contributed by atoms with Gasteiger partial charge in [-0.1, -0.05) is 133 Å². The molecule has 0 aliphatic carbocycles. The smallest absolute Gasteiger partial charge is 0.269 e. The molecule has 5 nitrogen and oxygen atoms in total. The third-order valence-corrected chi connectivity index (χ3v) is 12.5. The minimum absolute atomic E-state index is 0.0314. The Morgan fingerprint density at radius 3 is 2.13 bits per heavy atom. The van der Waals surface area contributed by atoms with Crippen LogP contribution in [-0.2, 0) is 10.8 Å². The summed E-state index contributed by atoms with van der Waals surface area (Å²) in [4.78, 5) is 4.99. The van der Waals surface area contributed by atoms with Gasteiger partial charge in [0.15, 0.2) is 0 Å². The predicted octanol–water partition coefficient (Wildman–Crippen LogP) is 13.9. The van der Waals surface area contributed by atoms with Crippen LogP contribution in [0.3, 0.4) is 0 Å². The number of aromatic nitrogens is 4. The number of rotatable bonds is 9. The van der Waals surface area contributed by atoms with Crippen LogP contribution in [0.15, 0.2) is 158 Å². The molecule has 0 bridgehead atoms. The lowest BCUT2D eigenvalue weighted by molar-refractivity contribution is -0.606. The van der Waals surface area contributed by atoms with Crippen LogP contribution < -0.4 is 9.30 Å². The lowest BCUT2D eigenvalue weighted by Gasteiger charge is -2.26. The summed E-state index contributed by atoms with van der Waals surface area (Å²) < 4.78 is 13.6. The van der Waals surface area contributed by atoms with E-state index in [0.717, 1.165) is 62.1 Å². The van der Waals surface area contributed by atoms with Gasteiger partial charge in [-0.2, -0.15) is 0 Å². The minimum Gasteiger partial charge on any atom is -0.458 e. The first-order chi connectivity index (χ1) is 29.3. The summed E-state index contributed by atoms with van der Waals surface area (Å²) in [5.41, 5.74) is 13.6. The Balaban J connectivity index is 1.18. The summed E-state index contributed by atoms with van der Waals surface area (Å²) in [5, 5.41) is 2.31. The lowest BCUT2D eigenvalue weighted by atomic mass is 9.78. The second-order valence-electron chi connectivity index (χ2n) is 18.2. The Hall–Kier alpha value is -6.72. The maximum Gasteiger partial charge on any atom is 0.269 e. The average molecular weight is 799 g/mol. The van der Waals surface area contributed by atoms with Crippen LogP contribution in [0.4, 0.5) is 0 Å². The van der Waals surface area contributed by atoms with E-state index in [1.165, 1.54) is 33.2 Å². The molecule has 0 amide bonds. The molecule has 0 unspecified atom stereocenters. The Labute approximate surface area is 360 Å². The molecule has 3 aromatic heterocycles. The molecular weight excluding hydrogens is 745 g/mol. The number of para-hydroxylation sites is 1. The number of fused-ring (bicyclic) bond motifs is 3. The van der Waals surface area contributed by atoms with Gasteiger partial charge in [0.25, 0.3) is 6.33 Å². The second-order valence-corrected chi connectivity index (χ2v) is 18.2. The van der Waals surface area contributed by atoms with Crippen LogP contribution in [0.2, 0.25) is 0 Å². The molecule has 9 aromatic rings. The zero-order valence-electron chi connectivity index (χ0n) is 36.8. The first-order valence-corrected chi connectivity index (χ1v) is 21.4. The topological polar surface area (TPSA) is 35.9 Å². The molecular formula is C56H54N4O. The fourth-order valence-corrected chi connectivity index (χ4v) is 8.73. The molecule has 0 fully saturated rings. The zero-order valence-corrected chi connectivity index (χ0v) is 36.8. The molecule has 0 aliphatic heterocycles. The van der Waals surface area contributed by atoms with E-state index in [9.17, 15) is 0 Å². The predicted molar refractivity (Wildman–Crippen MR) is 251 cm³/mol. The minimum atomic E-state index is -0.216. The summed E-state index contributed by atoms with van der Waals surface area (Å²) in [6, 6.07) is 54.1. The van der Waals surface area contributed by atoms with Crippen molar-refractivity contribution in [3.8, 4) is 39.8 Å². The molecule has 3 heterocycles. The van der Waals surface area contributed by atoms with Gasteiger partial charge in [-0.15, -0.1) is 0 Å². The molecule has 6 aromatic carbocycles. The molecule has 61 heavy (non-hydrogen) atoms. The molecule has 0 saturated carbocycles. The number of nitrogens with zero attached hydrogens (tertiary/aromatic N) is 4. The van der Waals surface area contributed by atoms with E-state index in [1.54, 1.807) is 0 Å². The second kappa shape index (κ2) is 15.4. The molecule has 0 N–H and O–H groups in total. The van der Waals surface area contributed by atoms with Crippen molar-refractivity contribution in [3.63, 3.8) is 0 Å². The van der Waals surface area contributed by atoms with Gasteiger partial charge < -0.3 is 4.74 Å². The van der Waals surface area contributed by atoms with Crippen molar-refractivity contribution < 1.29 is 9.30 Å². The van der Waals surface area contributed by atoms with Crippen molar-refractivity contribution in [1.82, 2.24) is 14.1 Å². The third-order valence-electron chi connectivity index (χ3n) is 12.5. The van der Waals surface area contributed by atoms with Gasteiger partial charge in [0.05, 0.1) is 33.8 Å². The van der Waals surface area contributed by atoms with Gasteiger partial charge in [-0.05, 0) is 119 Å². The number of benzene rings is 6. The zero-order chi connectivity index (χ0) is 42.6. The van der Waals surface area contributed by atoms with Crippen LogP contribution >= 0.6 is 0 Å². The number of imidazole rings is 1. The molecule has 304 valence electrons. The Kier molecular flexibility index (Phi) is 10.0. The maximum atomic E-state index is 6.98. The van der Waals surface area contributed by atoms with Crippen molar-refractivity contribution in [1.29, 1.82) is 0 Å². The standard InChI is InChI=1S/C56H54N4O/c1-37(2)48-22-13-14-23-49(48)40-30-45(59-36-58(38(3)39(59)4)44-21-17-20-42(32-44)55(5,6)7)34-47(31-40)61-46-26-27-51-50-24-15-16-25-52(50)60(53(51)35-46)54-33-43(28-29-57-54)56(8,9)41-18-11-10-12-19-41/h10-35,37H,1-9H3. The van der Waals surface area contributed by atoms with Gasteiger partial charge >= 0.3 is 0 Å². The summed E-state index contributed by atoms with van der Waals surface area (Å²) in [6.45, 7) is 20.2. The fraction of sp³-hybridized carbons (Fsp3) is 0.214. The highest BCUT2D eigenvalue weighted by atomic mass is 16.5. The fourth-order valence-electron chi connectivity index (χ4n) is 8.73. The SMILES string of the molecule is Cc1c(C)[n+](-c2cccc(C(C)(C)C)c2)[c-]n1-c1cc(Oc2ccc3c4ccccc4n(-c4cc(C(C)(C)c5ccccc5)ccn4)c3c2)cc(-c2ccccc2C(C)C)c1. The van der Waals surface area contributed by atoms with Crippen LogP contribution in [0.5, 0.6) is 11.5 Å². The van der Waals surface area contributed by atoms with E-state index >= 15 is 0 Å². The van der Waals surface area contributed by atoms with Crippen LogP contribution in [-0.4, -0.2) is 14.1 Å². The molecule has 0 atom stereocenters. The maximum absolute atomic E-state index is 6.98. The highest BCUT2D eigenvalue weighted by Crippen LogP contribution is 2.39. The van der Waals surface area contributed by atoms with Gasteiger partial charge in [0.1, 0.15) is 17.3 Å². The van der Waals surface area contributed by atoms with E-state index in [1.807, 2.05) is 6.20 Å². The largest absolute Gasteiger partial charge is 0.458 e. The van der Waals surface area contributed by atoms with Crippen LogP contribution in [0.25, 0.3) is 50.1 Å². The van der Waals surface area contributed by atoms with E-state index in [2.05, 4.69) is 234 Å². The number of ether oxygens (including phenoxy) is 1. The van der Waals surface area contributed by atoms with Gasteiger partial charge in [-0.25, -0.2) is 4.98 Å². The molecule has 9 rings (SSSR count). The van der Waals surface area contributed by atoms with Crippen molar-refractivity contribution in [2.45, 2.75) is 79.1 Å². The normalized spacial score (nSPS) is 12.2. The van der Waals surface area contributed by atoms with Gasteiger partial charge in [-0.3, -0.25) is 13.7 Å². The van der Waals surface area contributed by atoms with Crippen molar-refractivity contribution >= 4 is 21.8 Å². The highest BCUT2D eigenvalue weighted by Gasteiger charge is 2.25. The lowest BCUT2D eigenvalue weighted by Crippen LogP contribution is -2.32. The first kappa shape index (κ1) is 39.7. The molecule has 0 saturated heterocycles. The van der Waals surface area contributed by atoms with E-state index in [0.29, 0.717) is 5.92 Å². The van der Waals surface area contributed by atoms with Crippen LogP contribution in [0, 0.1) is 20.2 Å². The van der Waals surface area contributed by atoms with Crippen molar-refractivity contribution in [3.05, 3.63) is 198 Å². The average Bonchev–Trinajstić information content (AvgIpc) is 3.76. The Morgan fingerprint density at radius 2 is 1.34 bits per heavy atom. The monoisotopic (exact) mass is 798 g/mol. The summed E-state index contributed by atoms with van der Waals surface area (Å²) in [5.74, 6) is 2.71. The highest BCUT2D eigenvalue weighted by molar-refractivity contribution is 6.09. The molecule has 0 aliphatic rings. The summed E-state index contributed by atoms with van der Waals surface area (Å²) in [7, 11) is 0. The summed E-state index contributed by atoms with van der Waals surface area (Å²) >= 11 is 0. The van der Waals surface area contributed by atoms with Gasteiger partial charge in [0.2, 0.25) is 0 Å². The number of hydrogen-bond acceptors (Lipinski definition) is 2. The Bertz CT molecular complexity index is 3070. The van der Waals surface area contributed by atoms with E-state index in [4.69, 9.17) is 9.72 Å². The van der Waals surface area contributed by atoms with E-state index in [-0.39, 0.29) is 10.8 Å².